The van der Waals surface area contributed by atoms with Crippen molar-refractivity contribution in [2.75, 3.05) is 21.8 Å². The Kier molecular flexibility index (Phi) is 11.5. The number of anilines is 5. The van der Waals surface area contributed by atoms with E-state index < -0.39 is 31.0 Å². The lowest BCUT2D eigenvalue weighted by Gasteiger charge is -2.15. The second kappa shape index (κ2) is 15.6. The summed E-state index contributed by atoms with van der Waals surface area (Å²) < 4.78 is 64.9. The maximum absolute atomic E-state index is 11.6. The fraction of sp³-hybridized carbons (Fsp3) is 0.156. The first kappa shape index (κ1) is 38.1. The summed E-state index contributed by atoms with van der Waals surface area (Å²) >= 11 is 11.8. The lowest BCUT2D eigenvalue weighted by molar-refractivity contribution is 0.481. The number of benzene rings is 4. The summed E-state index contributed by atoms with van der Waals surface area (Å²) in [5.41, 5.74) is 6.00. The molecule has 0 bridgehead atoms. The molecule has 0 aliphatic rings. The molecule has 0 unspecified atom stereocenters. The van der Waals surface area contributed by atoms with E-state index in [0.29, 0.717) is 44.6 Å². The second-order valence-corrected chi connectivity index (χ2v) is 15.0. The average Bonchev–Trinajstić information content (AvgIpc) is 3.06. The van der Waals surface area contributed by atoms with Crippen molar-refractivity contribution in [2.45, 2.75) is 32.6 Å². The van der Waals surface area contributed by atoms with E-state index in [1.165, 1.54) is 12.1 Å². The molecule has 5 N–H and O–H groups in total. The predicted molar refractivity (Wildman–Crippen MR) is 199 cm³/mol. The van der Waals surface area contributed by atoms with Gasteiger partial charge in [-0.3, -0.25) is 9.11 Å². The van der Waals surface area contributed by atoms with Crippen molar-refractivity contribution in [3.05, 3.63) is 99.0 Å². The Morgan fingerprint density at radius 2 is 1.10 bits per heavy atom. The van der Waals surface area contributed by atoms with Crippen molar-refractivity contribution in [3.8, 4) is 0 Å². The molecule has 0 saturated carbocycles. The SMILES string of the molecule is Cc1cc(Nc2nc(NCS(=O)(=O)O)nc(Nc3cc(C)c(N=Nc4ccc(Cl)c(S(=O)(=O)O)c4)cc3C)n2)c(C)cc1N=Nc1ccc(Cl)cc1. The van der Waals surface area contributed by atoms with E-state index in [-0.39, 0.29) is 28.6 Å². The molecular weight excluding hydrogens is 755 g/mol. The van der Waals surface area contributed by atoms with Crippen molar-refractivity contribution >= 4 is 95.4 Å². The van der Waals surface area contributed by atoms with Gasteiger partial charge in [0.05, 0.1) is 27.8 Å². The van der Waals surface area contributed by atoms with Gasteiger partial charge in [-0.05, 0) is 117 Å². The Morgan fingerprint density at radius 1 is 0.615 bits per heavy atom. The highest BCUT2D eigenvalue weighted by Crippen LogP contribution is 2.33. The van der Waals surface area contributed by atoms with E-state index in [1.807, 2.05) is 26.0 Å². The highest BCUT2D eigenvalue weighted by atomic mass is 35.5. The van der Waals surface area contributed by atoms with E-state index >= 15 is 0 Å². The standard InChI is InChI=1S/C32H30Cl2N10O6S2/c1-17-13-27(43-41-22-7-5-21(33)6-8-22)19(3)11-25(17)36-31-38-30(35-16-51(45,46)47)39-32(40-31)37-26-12-20(4)28(14-18(26)2)44-42-23-9-10-24(34)29(15-23)52(48,49)50/h5-15H,16H2,1-4H3,(H,45,46,47)(H,48,49,50)(H3,35,36,37,38,39,40). The van der Waals surface area contributed by atoms with Crippen LogP contribution in [0.25, 0.3) is 0 Å². The first-order valence-corrected chi connectivity index (χ1v) is 18.8. The van der Waals surface area contributed by atoms with Crippen LogP contribution in [0.4, 0.5) is 52.0 Å². The highest BCUT2D eigenvalue weighted by Gasteiger charge is 2.16. The van der Waals surface area contributed by atoms with Crippen molar-refractivity contribution < 1.29 is 25.9 Å². The summed E-state index contributed by atoms with van der Waals surface area (Å²) in [5.74, 6) is -0.903. The van der Waals surface area contributed by atoms with Crippen LogP contribution in [0, 0.1) is 27.7 Å². The number of nitrogens with zero attached hydrogens (tertiary/aromatic N) is 7. The number of hydrogen-bond donors (Lipinski definition) is 5. The zero-order valence-corrected chi connectivity index (χ0v) is 30.9. The number of rotatable bonds is 12. The van der Waals surface area contributed by atoms with Crippen LogP contribution in [0.2, 0.25) is 10.0 Å². The molecule has 16 nitrogen and oxygen atoms in total. The van der Waals surface area contributed by atoms with Gasteiger partial charge in [0.15, 0.2) is 0 Å². The largest absolute Gasteiger partial charge is 0.338 e. The zero-order valence-electron chi connectivity index (χ0n) is 27.8. The molecule has 4 aromatic carbocycles. The van der Waals surface area contributed by atoms with Gasteiger partial charge in [-0.1, -0.05) is 23.2 Å². The molecule has 1 aromatic heterocycles. The molecule has 0 atom stereocenters. The minimum absolute atomic E-state index is 0.0360. The predicted octanol–water partition coefficient (Wildman–Crippen LogP) is 9.23. The van der Waals surface area contributed by atoms with Crippen LogP contribution in [0.1, 0.15) is 22.3 Å². The Bertz CT molecular complexity index is 2450. The summed E-state index contributed by atoms with van der Waals surface area (Å²) in [6.07, 6.45) is 0. The Morgan fingerprint density at radius 3 is 1.60 bits per heavy atom. The van der Waals surface area contributed by atoms with Crippen molar-refractivity contribution in [2.24, 2.45) is 20.5 Å². The van der Waals surface area contributed by atoms with Crippen molar-refractivity contribution in [1.29, 1.82) is 0 Å². The monoisotopic (exact) mass is 784 g/mol. The third kappa shape index (κ3) is 10.2. The van der Waals surface area contributed by atoms with Gasteiger partial charge in [0.2, 0.25) is 17.8 Å². The average molecular weight is 786 g/mol. The van der Waals surface area contributed by atoms with Crippen LogP contribution in [0.15, 0.2) is 92.1 Å². The van der Waals surface area contributed by atoms with Gasteiger partial charge >= 0.3 is 0 Å². The van der Waals surface area contributed by atoms with E-state index in [9.17, 15) is 25.9 Å². The lowest BCUT2D eigenvalue weighted by Crippen LogP contribution is -2.16. The van der Waals surface area contributed by atoms with Crippen LogP contribution in [-0.4, -0.2) is 46.8 Å². The smallest absolute Gasteiger partial charge is 0.296 e. The molecule has 0 saturated heterocycles. The maximum Gasteiger partial charge on any atom is 0.296 e. The summed E-state index contributed by atoms with van der Waals surface area (Å²) in [4.78, 5) is 12.5. The Hall–Kier alpha value is -5.11. The van der Waals surface area contributed by atoms with Crippen LogP contribution in [0.3, 0.4) is 0 Å². The topological polar surface area (TPSA) is 233 Å². The highest BCUT2D eigenvalue weighted by molar-refractivity contribution is 7.86. The fourth-order valence-corrected chi connectivity index (χ4v) is 5.96. The van der Waals surface area contributed by atoms with Gasteiger partial charge in [-0.15, -0.1) is 0 Å². The third-order valence-electron chi connectivity index (χ3n) is 7.19. The van der Waals surface area contributed by atoms with E-state index in [4.69, 9.17) is 23.2 Å². The van der Waals surface area contributed by atoms with Crippen molar-refractivity contribution in [3.63, 3.8) is 0 Å². The van der Waals surface area contributed by atoms with Gasteiger partial charge in [-0.2, -0.15) is 52.2 Å². The number of nitrogens with one attached hydrogen (secondary N) is 3. The number of hydrogen-bond acceptors (Lipinski definition) is 14. The van der Waals surface area contributed by atoms with E-state index in [0.717, 1.165) is 17.2 Å². The molecule has 1 heterocycles. The maximum atomic E-state index is 11.6. The second-order valence-electron chi connectivity index (χ2n) is 11.3. The van der Waals surface area contributed by atoms with Gasteiger partial charge in [0.1, 0.15) is 10.8 Å². The molecule has 20 heteroatoms. The van der Waals surface area contributed by atoms with Crippen LogP contribution < -0.4 is 16.0 Å². The third-order valence-corrected chi connectivity index (χ3v) is 9.29. The minimum Gasteiger partial charge on any atom is -0.338 e. The van der Waals surface area contributed by atoms with Crippen molar-refractivity contribution in [1.82, 2.24) is 15.0 Å². The molecule has 0 aliphatic heterocycles. The normalized spacial score (nSPS) is 12.1. The van der Waals surface area contributed by atoms with Gasteiger partial charge in [0.25, 0.3) is 20.2 Å². The minimum atomic E-state index is -4.56. The Labute approximate surface area is 309 Å². The van der Waals surface area contributed by atoms with Crippen LogP contribution in [0.5, 0.6) is 0 Å². The van der Waals surface area contributed by atoms with Crippen LogP contribution >= 0.6 is 23.2 Å². The molecule has 0 spiro atoms. The van der Waals surface area contributed by atoms with E-state index in [2.05, 4.69) is 51.4 Å². The Balaban J connectivity index is 1.41. The number of azo groups is 2. The molecule has 270 valence electrons. The van der Waals surface area contributed by atoms with Gasteiger partial charge in [0, 0.05) is 16.4 Å². The number of halogens is 2. The first-order valence-electron chi connectivity index (χ1n) is 15.0. The molecular formula is C32H30Cl2N10O6S2. The van der Waals surface area contributed by atoms with Crippen LogP contribution in [-0.2, 0) is 20.2 Å². The molecule has 5 rings (SSSR count). The quantitative estimate of drug-likeness (QED) is 0.0588. The summed E-state index contributed by atoms with van der Waals surface area (Å²) in [6, 6.07) is 17.9. The molecule has 0 aliphatic carbocycles. The molecule has 52 heavy (non-hydrogen) atoms. The number of aryl methyl sites for hydroxylation is 4. The molecule has 5 aromatic rings. The summed E-state index contributed by atoms with van der Waals surface area (Å²) in [6.45, 7) is 7.27. The number of aromatic nitrogens is 3. The van der Waals surface area contributed by atoms with Gasteiger partial charge in [-0.25, -0.2) is 0 Å². The lowest BCUT2D eigenvalue weighted by atomic mass is 10.1. The first-order chi connectivity index (χ1) is 24.4. The molecule has 0 fully saturated rings. The summed E-state index contributed by atoms with van der Waals surface area (Å²) in [7, 11) is -8.97. The van der Waals surface area contributed by atoms with Gasteiger partial charge < -0.3 is 16.0 Å². The molecule has 0 radical (unpaired) electrons. The zero-order chi connectivity index (χ0) is 37.8. The summed E-state index contributed by atoms with van der Waals surface area (Å²) in [5, 5.41) is 26.1. The van der Waals surface area contributed by atoms with E-state index in [1.54, 1.807) is 50.2 Å². The fourth-order valence-electron chi connectivity index (χ4n) is 4.53. The molecule has 0 amide bonds.